The Labute approximate surface area is 123 Å². The van der Waals surface area contributed by atoms with Crippen molar-refractivity contribution < 1.29 is 5.11 Å². The summed E-state index contributed by atoms with van der Waals surface area (Å²) in [6, 6.07) is 8.72. The molecule has 1 aromatic carbocycles. The number of phenolic OH excluding ortho intramolecular Hbond substituents is 1. The van der Waals surface area contributed by atoms with Crippen molar-refractivity contribution in [1.82, 2.24) is 5.32 Å². The van der Waals surface area contributed by atoms with Crippen LogP contribution >= 0.6 is 0 Å². The maximum absolute atomic E-state index is 9.42. The number of hydrogen-bond donors (Lipinski definition) is 2. The minimum atomic E-state index is 0.350. The molecule has 2 N–H and O–H groups in total. The molecular formula is C18H29NO. The molecule has 2 rings (SSSR count). The van der Waals surface area contributed by atoms with Gasteiger partial charge in [-0.2, -0.15) is 0 Å². The number of nitrogens with one attached hydrogen (secondary N) is 1. The van der Waals surface area contributed by atoms with Crippen molar-refractivity contribution >= 4 is 0 Å². The number of phenols is 1. The zero-order chi connectivity index (χ0) is 14.4. The SMILES string of the molecule is CCC(NC(CC)C1CCCCC1)c1ccc(O)cc1. The van der Waals surface area contributed by atoms with Gasteiger partial charge in [0, 0.05) is 12.1 Å². The first-order chi connectivity index (χ1) is 9.74. The normalized spacial score (nSPS) is 19.7. The minimum absolute atomic E-state index is 0.350. The fourth-order valence-corrected chi connectivity index (χ4v) is 3.54. The van der Waals surface area contributed by atoms with Crippen LogP contribution in [0.2, 0.25) is 0 Å². The average Bonchev–Trinajstić information content (AvgIpc) is 2.51. The molecule has 1 aliphatic rings. The molecule has 0 aromatic heterocycles. The lowest BCUT2D eigenvalue weighted by Crippen LogP contribution is -2.39. The number of aromatic hydroxyl groups is 1. The Morgan fingerprint density at radius 1 is 1.05 bits per heavy atom. The largest absolute Gasteiger partial charge is 0.508 e. The second-order valence-electron chi connectivity index (χ2n) is 6.13. The maximum atomic E-state index is 9.42. The van der Waals surface area contributed by atoms with Gasteiger partial charge in [0.05, 0.1) is 0 Å². The fourth-order valence-electron chi connectivity index (χ4n) is 3.54. The van der Waals surface area contributed by atoms with Crippen LogP contribution in [0, 0.1) is 5.92 Å². The van der Waals surface area contributed by atoms with Crippen LogP contribution in [-0.2, 0) is 0 Å². The summed E-state index contributed by atoms with van der Waals surface area (Å²) in [6.45, 7) is 4.54. The van der Waals surface area contributed by atoms with Gasteiger partial charge in [0.15, 0.2) is 0 Å². The second kappa shape index (κ2) is 7.68. The van der Waals surface area contributed by atoms with Crippen molar-refractivity contribution in [1.29, 1.82) is 0 Å². The molecule has 1 aliphatic carbocycles. The van der Waals surface area contributed by atoms with Crippen molar-refractivity contribution in [3.05, 3.63) is 29.8 Å². The first-order valence-electron chi connectivity index (χ1n) is 8.29. The Bertz CT molecular complexity index is 381. The van der Waals surface area contributed by atoms with Crippen molar-refractivity contribution in [2.45, 2.75) is 70.9 Å². The Kier molecular flexibility index (Phi) is 5.90. The van der Waals surface area contributed by atoms with E-state index in [4.69, 9.17) is 0 Å². The lowest BCUT2D eigenvalue weighted by atomic mass is 9.82. The first-order valence-corrected chi connectivity index (χ1v) is 8.29. The van der Waals surface area contributed by atoms with Gasteiger partial charge in [0.1, 0.15) is 5.75 Å². The Balaban J connectivity index is 2.01. The molecule has 2 nitrogen and oxygen atoms in total. The molecule has 1 saturated carbocycles. The van der Waals surface area contributed by atoms with Gasteiger partial charge in [-0.05, 0) is 49.3 Å². The zero-order valence-corrected chi connectivity index (χ0v) is 12.9. The highest BCUT2D eigenvalue weighted by atomic mass is 16.3. The first kappa shape index (κ1) is 15.4. The van der Waals surface area contributed by atoms with Gasteiger partial charge in [-0.15, -0.1) is 0 Å². The van der Waals surface area contributed by atoms with Crippen LogP contribution in [0.15, 0.2) is 24.3 Å². The van der Waals surface area contributed by atoms with E-state index in [-0.39, 0.29) is 0 Å². The highest BCUT2D eigenvalue weighted by molar-refractivity contribution is 5.28. The van der Waals surface area contributed by atoms with E-state index in [9.17, 15) is 5.11 Å². The molecule has 2 heteroatoms. The van der Waals surface area contributed by atoms with Gasteiger partial charge < -0.3 is 10.4 Å². The highest BCUT2D eigenvalue weighted by Gasteiger charge is 2.24. The van der Waals surface area contributed by atoms with Crippen LogP contribution in [0.3, 0.4) is 0 Å². The summed E-state index contributed by atoms with van der Waals surface area (Å²) < 4.78 is 0. The van der Waals surface area contributed by atoms with Gasteiger partial charge in [0.25, 0.3) is 0 Å². The molecule has 0 radical (unpaired) electrons. The molecule has 0 amide bonds. The molecule has 2 unspecified atom stereocenters. The quantitative estimate of drug-likeness (QED) is 0.782. The van der Waals surface area contributed by atoms with E-state index in [2.05, 4.69) is 19.2 Å². The van der Waals surface area contributed by atoms with Gasteiger partial charge in [-0.25, -0.2) is 0 Å². The maximum Gasteiger partial charge on any atom is 0.115 e. The summed E-state index contributed by atoms with van der Waals surface area (Å²) in [5.41, 5.74) is 1.29. The molecule has 0 saturated heterocycles. The van der Waals surface area contributed by atoms with Crippen LogP contribution < -0.4 is 5.32 Å². The molecule has 1 fully saturated rings. The Morgan fingerprint density at radius 2 is 1.70 bits per heavy atom. The summed E-state index contributed by atoms with van der Waals surface area (Å²) in [6.07, 6.45) is 9.29. The lowest BCUT2D eigenvalue weighted by molar-refractivity contribution is 0.244. The third-order valence-corrected chi connectivity index (χ3v) is 4.78. The summed E-state index contributed by atoms with van der Waals surface area (Å²) in [5.74, 6) is 1.20. The van der Waals surface area contributed by atoms with Gasteiger partial charge in [0.2, 0.25) is 0 Å². The predicted molar refractivity (Wildman–Crippen MR) is 84.9 cm³/mol. The molecule has 0 heterocycles. The molecule has 2 atom stereocenters. The lowest BCUT2D eigenvalue weighted by Gasteiger charge is -2.33. The second-order valence-corrected chi connectivity index (χ2v) is 6.13. The van der Waals surface area contributed by atoms with E-state index in [1.165, 1.54) is 44.1 Å². The minimum Gasteiger partial charge on any atom is -0.508 e. The summed E-state index contributed by atoms with van der Waals surface area (Å²) in [4.78, 5) is 0. The molecule has 0 spiro atoms. The summed E-state index contributed by atoms with van der Waals surface area (Å²) >= 11 is 0. The van der Waals surface area contributed by atoms with E-state index >= 15 is 0 Å². The third kappa shape index (κ3) is 3.99. The van der Waals surface area contributed by atoms with Crippen LogP contribution in [0.1, 0.15) is 70.4 Å². The molecule has 0 bridgehead atoms. The molecular weight excluding hydrogens is 246 g/mol. The van der Waals surface area contributed by atoms with E-state index in [0.29, 0.717) is 17.8 Å². The topological polar surface area (TPSA) is 32.3 Å². The molecule has 1 aromatic rings. The van der Waals surface area contributed by atoms with E-state index in [0.717, 1.165) is 12.3 Å². The average molecular weight is 275 g/mol. The number of benzene rings is 1. The van der Waals surface area contributed by atoms with Crippen molar-refractivity contribution in [2.24, 2.45) is 5.92 Å². The number of hydrogen-bond acceptors (Lipinski definition) is 2. The standard InChI is InChI=1S/C18H29NO/c1-3-17(14-8-6-5-7-9-14)19-18(4-2)15-10-12-16(20)13-11-15/h10-14,17-20H,3-9H2,1-2H3. The summed E-state index contributed by atoms with van der Waals surface area (Å²) in [7, 11) is 0. The van der Waals surface area contributed by atoms with Crippen molar-refractivity contribution in [3.8, 4) is 5.75 Å². The summed E-state index contributed by atoms with van der Waals surface area (Å²) in [5, 5.41) is 13.3. The zero-order valence-electron chi connectivity index (χ0n) is 12.9. The van der Waals surface area contributed by atoms with Crippen LogP contribution in [-0.4, -0.2) is 11.1 Å². The van der Waals surface area contributed by atoms with Gasteiger partial charge in [-0.1, -0.05) is 45.2 Å². The van der Waals surface area contributed by atoms with E-state index in [1.54, 1.807) is 12.1 Å². The Hall–Kier alpha value is -1.02. The smallest absolute Gasteiger partial charge is 0.115 e. The predicted octanol–water partition coefficient (Wildman–Crippen LogP) is 4.79. The van der Waals surface area contributed by atoms with Crippen LogP contribution in [0.4, 0.5) is 0 Å². The molecule has 20 heavy (non-hydrogen) atoms. The Morgan fingerprint density at radius 3 is 2.25 bits per heavy atom. The van der Waals surface area contributed by atoms with E-state index < -0.39 is 0 Å². The third-order valence-electron chi connectivity index (χ3n) is 4.78. The van der Waals surface area contributed by atoms with Gasteiger partial charge >= 0.3 is 0 Å². The highest BCUT2D eigenvalue weighted by Crippen LogP contribution is 2.30. The monoisotopic (exact) mass is 275 g/mol. The molecule has 0 aliphatic heterocycles. The van der Waals surface area contributed by atoms with Crippen LogP contribution in [0.25, 0.3) is 0 Å². The van der Waals surface area contributed by atoms with Gasteiger partial charge in [-0.3, -0.25) is 0 Å². The number of rotatable bonds is 6. The van der Waals surface area contributed by atoms with Crippen molar-refractivity contribution in [2.75, 3.05) is 0 Å². The van der Waals surface area contributed by atoms with Crippen molar-refractivity contribution in [3.63, 3.8) is 0 Å². The van der Waals surface area contributed by atoms with E-state index in [1.807, 2.05) is 12.1 Å². The fraction of sp³-hybridized carbons (Fsp3) is 0.667. The van der Waals surface area contributed by atoms with Crippen LogP contribution in [0.5, 0.6) is 5.75 Å². The molecule has 112 valence electrons.